The summed E-state index contributed by atoms with van der Waals surface area (Å²) in [6, 6.07) is 4.11. The van der Waals surface area contributed by atoms with Gasteiger partial charge in [-0.05, 0) is 37.1 Å². The van der Waals surface area contributed by atoms with Crippen molar-refractivity contribution in [2.75, 3.05) is 12.4 Å². The Morgan fingerprint density at radius 1 is 1.23 bits per heavy atom. The number of aryl methyl sites for hydroxylation is 2. The minimum absolute atomic E-state index is 0.0895. The first-order chi connectivity index (χ1) is 10.6. The molecule has 6 nitrogen and oxygen atoms in total. The number of anilines is 1. The summed E-state index contributed by atoms with van der Waals surface area (Å²) in [6.07, 6.45) is 1.07. The first-order valence-corrected chi connectivity index (χ1v) is 6.83. The van der Waals surface area contributed by atoms with Crippen LogP contribution in [0.25, 0.3) is 11.0 Å². The van der Waals surface area contributed by atoms with E-state index in [0.717, 1.165) is 23.1 Å². The van der Waals surface area contributed by atoms with Gasteiger partial charge < -0.3 is 15.0 Å². The van der Waals surface area contributed by atoms with E-state index in [0.29, 0.717) is 6.54 Å². The number of nitrogens with one attached hydrogen (secondary N) is 2. The lowest BCUT2D eigenvalue weighted by atomic mass is 10.1. The Hall–Kier alpha value is -2.70. The molecule has 2 aromatic heterocycles. The van der Waals surface area contributed by atoms with Gasteiger partial charge in [-0.2, -0.15) is 9.37 Å². The van der Waals surface area contributed by atoms with Gasteiger partial charge in [0.05, 0.1) is 30.9 Å². The Balaban J connectivity index is 1.79. The SMILES string of the molecule is COc1nc(NCc2nc3cc(C)c(C)cc3[nH]2)ncc1F. The number of imidazole rings is 1. The Morgan fingerprint density at radius 3 is 2.77 bits per heavy atom. The second kappa shape index (κ2) is 5.59. The molecule has 0 bridgehead atoms. The lowest BCUT2D eigenvalue weighted by Crippen LogP contribution is -2.06. The van der Waals surface area contributed by atoms with Crippen molar-refractivity contribution in [1.29, 1.82) is 0 Å². The van der Waals surface area contributed by atoms with Crippen molar-refractivity contribution in [1.82, 2.24) is 19.9 Å². The van der Waals surface area contributed by atoms with E-state index in [9.17, 15) is 4.39 Å². The van der Waals surface area contributed by atoms with E-state index in [1.807, 2.05) is 6.07 Å². The van der Waals surface area contributed by atoms with Crippen LogP contribution in [0.2, 0.25) is 0 Å². The van der Waals surface area contributed by atoms with E-state index in [2.05, 4.69) is 45.2 Å². The number of hydrogen-bond acceptors (Lipinski definition) is 5. The number of nitrogens with zero attached hydrogens (tertiary/aromatic N) is 3. The number of benzene rings is 1. The molecule has 22 heavy (non-hydrogen) atoms. The van der Waals surface area contributed by atoms with Crippen molar-refractivity contribution in [2.24, 2.45) is 0 Å². The number of ether oxygens (including phenoxy) is 1. The van der Waals surface area contributed by atoms with Crippen molar-refractivity contribution >= 4 is 17.0 Å². The molecule has 114 valence electrons. The topological polar surface area (TPSA) is 75.7 Å². The predicted octanol–water partition coefficient (Wildman–Crippen LogP) is 2.73. The number of H-pyrrole nitrogens is 1. The molecule has 0 saturated carbocycles. The number of aromatic amines is 1. The van der Waals surface area contributed by atoms with Crippen molar-refractivity contribution in [3.63, 3.8) is 0 Å². The molecular formula is C15H16FN5O. The van der Waals surface area contributed by atoms with Crippen LogP contribution in [-0.4, -0.2) is 27.0 Å². The van der Waals surface area contributed by atoms with Gasteiger partial charge >= 0.3 is 0 Å². The maximum absolute atomic E-state index is 13.3. The van der Waals surface area contributed by atoms with E-state index in [-0.39, 0.29) is 11.8 Å². The highest BCUT2D eigenvalue weighted by Gasteiger charge is 2.08. The molecule has 2 N–H and O–H groups in total. The number of methoxy groups -OCH3 is 1. The lowest BCUT2D eigenvalue weighted by Gasteiger charge is -2.04. The van der Waals surface area contributed by atoms with Crippen molar-refractivity contribution in [3.05, 3.63) is 41.1 Å². The van der Waals surface area contributed by atoms with Crippen LogP contribution in [0.1, 0.15) is 17.0 Å². The predicted molar refractivity (Wildman–Crippen MR) is 81.4 cm³/mol. The molecule has 0 fully saturated rings. The maximum Gasteiger partial charge on any atom is 0.255 e. The summed E-state index contributed by atoms with van der Waals surface area (Å²) >= 11 is 0. The van der Waals surface area contributed by atoms with Crippen molar-refractivity contribution in [3.8, 4) is 5.88 Å². The maximum atomic E-state index is 13.3. The van der Waals surface area contributed by atoms with Gasteiger partial charge in [-0.1, -0.05) is 0 Å². The summed E-state index contributed by atoms with van der Waals surface area (Å²) in [6.45, 7) is 4.52. The highest BCUT2D eigenvalue weighted by molar-refractivity contribution is 5.77. The zero-order valence-electron chi connectivity index (χ0n) is 12.6. The molecule has 0 aliphatic rings. The fourth-order valence-electron chi connectivity index (χ4n) is 2.15. The van der Waals surface area contributed by atoms with Gasteiger partial charge in [0.2, 0.25) is 11.8 Å². The van der Waals surface area contributed by atoms with E-state index in [1.165, 1.54) is 18.2 Å². The van der Waals surface area contributed by atoms with Crippen LogP contribution >= 0.6 is 0 Å². The number of fused-ring (bicyclic) bond motifs is 1. The van der Waals surface area contributed by atoms with Gasteiger partial charge in [-0.25, -0.2) is 9.97 Å². The molecule has 0 aliphatic carbocycles. The fraction of sp³-hybridized carbons (Fsp3) is 0.267. The van der Waals surface area contributed by atoms with Crippen LogP contribution in [0.5, 0.6) is 5.88 Å². The largest absolute Gasteiger partial charge is 0.479 e. The number of halogens is 1. The van der Waals surface area contributed by atoms with Gasteiger partial charge in [0, 0.05) is 0 Å². The third-order valence-corrected chi connectivity index (χ3v) is 3.47. The number of aromatic nitrogens is 4. The molecule has 0 atom stereocenters. The Kier molecular flexibility index (Phi) is 3.62. The summed E-state index contributed by atoms with van der Waals surface area (Å²) in [5.41, 5.74) is 4.31. The molecule has 3 rings (SSSR count). The standard InChI is InChI=1S/C15H16FN5O/c1-8-4-11-12(5-9(8)2)20-13(19-11)7-18-15-17-6-10(16)14(21-15)22-3/h4-6H,7H2,1-3H3,(H,19,20)(H,17,18,21). The Labute approximate surface area is 126 Å². The second-order valence-corrected chi connectivity index (χ2v) is 5.04. The highest BCUT2D eigenvalue weighted by Crippen LogP contribution is 2.18. The van der Waals surface area contributed by atoms with Crippen LogP contribution in [0.4, 0.5) is 10.3 Å². The molecule has 0 spiro atoms. The lowest BCUT2D eigenvalue weighted by molar-refractivity contribution is 0.367. The zero-order valence-corrected chi connectivity index (χ0v) is 12.6. The van der Waals surface area contributed by atoms with Crippen LogP contribution < -0.4 is 10.1 Å². The molecule has 0 amide bonds. The summed E-state index contributed by atoms with van der Waals surface area (Å²) < 4.78 is 18.1. The molecule has 3 aromatic rings. The van der Waals surface area contributed by atoms with Gasteiger partial charge in [0.1, 0.15) is 5.82 Å². The van der Waals surface area contributed by atoms with Crippen molar-refractivity contribution in [2.45, 2.75) is 20.4 Å². The van der Waals surface area contributed by atoms with E-state index in [4.69, 9.17) is 4.74 Å². The monoisotopic (exact) mass is 301 g/mol. The van der Waals surface area contributed by atoms with Gasteiger partial charge in [-0.3, -0.25) is 0 Å². The molecule has 0 saturated heterocycles. The quantitative estimate of drug-likeness (QED) is 0.775. The van der Waals surface area contributed by atoms with Gasteiger partial charge in [0.25, 0.3) is 5.88 Å². The van der Waals surface area contributed by atoms with Crippen LogP contribution in [0.15, 0.2) is 18.3 Å². The van der Waals surface area contributed by atoms with Gasteiger partial charge in [-0.15, -0.1) is 0 Å². The summed E-state index contributed by atoms with van der Waals surface area (Å²) in [5, 5.41) is 2.99. The molecule has 1 aromatic carbocycles. The number of hydrogen-bond donors (Lipinski definition) is 2. The minimum atomic E-state index is -0.595. The van der Waals surface area contributed by atoms with Crippen LogP contribution in [-0.2, 0) is 6.54 Å². The molecule has 2 heterocycles. The first kappa shape index (κ1) is 14.2. The smallest absolute Gasteiger partial charge is 0.255 e. The van der Waals surface area contributed by atoms with E-state index >= 15 is 0 Å². The van der Waals surface area contributed by atoms with Crippen LogP contribution in [0, 0.1) is 19.7 Å². The molecule has 7 heteroatoms. The highest BCUT2D eigenvalue weighted by atomic mass is 19.1. The average Bonchev–Trinajstić information content (AvgIpc) is 2.88. The Morgan fingerprint density at radius 2 is 2.00 bits per heavy atom. The Bertz CT molecular complexity index is 791. The fourth-order valence-corrected chi connectivity index (χ4v) is 2.15. The van der Waals surface area contributed by atoms with Crippen molar-refractivity contribution < 1.29 is 9.13 Å². The molecule has 0 aliphatic heterocycles. The number of rotatable bonds is 4. The van der Waals surface area contributed by atoms with Gasteiger partial charge in [0.15, 0.2) is 0 Å². The van der Waals surface area contributed by atoms with E-state index < -0.39 is 5.82 Å². The molecular weight excluding hydrogens is 285 g/mol. The van der Waals surface area contributed by atoms with E-state index in [1.54, 1.807) is 0 Å². The minimum Gasteiger partial charge on any atom is -0.479 e. The zero-order chi connectivity index (χ0) is 15.7. The molecule has 0 radical (unpaired) electrons. The first-order valence-electron chi connectivity index (χ1n) is 6.83. The molecule has 0 unspecified atom stereocenters. The second-order valence-electron chi connectivity index (χ2n) is 5.04. The third kappa shape index (κ3) is 2.69. The summed E-state index contributed by atoms with van der Waals surface area (Å²) in [4.78, 5) is 15.5. The third-order valence-electron chi connectivity index (χ3n) is 3.47. The average molecular weight is 301 g/mol. The summed E-state index contributed by atoms with van der Waals surface area (Å²) in [5.74, 6) is 0.356. The normalized spacial score (nSPS) is 10.9. The summed E-state index contributed by atoms with van der Waals surface area (Å²) in [7, 11) is 1.36. The van der Waals surface area contributed by atoms with Crippen LogP contribution in [0.3, 0.4) is 0 Å².